The molecular weight excluding hydrogens is 757 g/mol. The van der Waals surface area contributed by atoms with E-state index >= 15 is 0 Å². The number of para-hydroxylation sites is 5. The Bertz CT molecular complexity index is 3640. The first-order valence-corrected chi connectivity index (χ1v) is 21.0. The molecule has 3 heterocycles. The van der Waals surface area contributed by atoms with E-state index in [1.54, 1.807) is 0 Å². The highest BCUT2D eigenvalue weighted by Gasteiger charge is 2.22. The lowest BCUT2D eigenvalue weighted by Crippen LogP contribution is -2.11. The second-order valence-corrected chi connectivity index (χ2v) is 16.0. The lowest BCUT2D eigenvalue weighted by molar-refractivity contribution is 0.623. The predicted molar refractivity (Wildman–Crippen MR) is 258 cm³/mol. The van der Waals surface area contributed by atoms with Gasteiger partial charge in [-0.05, 0) is 101 Å². The average molecular weight is 793 g/mol. The van der Waals surface area contributed by atoms with Crippen LogP contribution in [0.4, 0.5) is 17.1 Å². The molecule has 0 aliphatic carbocycles. The molecule has 3 aromatic heterocycles. The minimum absolute atomic E-state index is 0.617. The largest absolute Gasteiger partial charge is 0.435 e. The van der Waals surface area contributed by atoms with Gasteiger partial charge in [0.25, 0.3) is 0 Å². The van der Waals surface area contributed by atoms with Crippen molar-refractivity contribution < 1.29 is 4.42 Å². The summed E-state index contributed by atoms with van der Waals surface area (Å²) in [6.45, 7) is 0. The lowest BCUT2D eigenvalue weighted by atomic mass is 10.00. The summed E-state index contributed by atoms with van der Waals surface area (Å²) >= 11 is 0. The third-order valence-corrected chi connectivity index (χ3v) is 12.5. The monoisotopic (exact) mass is 792 g/mol. The van der Waals surface area contributed by atoms with Crippen LogP contribution in [0.3, 0.4) is 0 Å². The van der Waals surface area contributed by atoms with Gasteiger partial charge in [0, 0.05) is 43.9 Å². The number of rotatable bonds is 6. The molecular formula is C57H36N4O. The number of hydrogen-bond donors (Lipinski definition) is 0. The molecule has 0 amide bonds. The van der Waals surface area contributed by atoms with E-state index < -0.39 is 0 Å². The van der Waals surface area contributed by atoms with Crippen molar-refractivity contribution in [3.05, 3.63) is 218 Å². The summed E-state index contributed by atoms with van der Waals surface area (Å²) in [5, 5.41) is 9.28. The topological polar surface area (TPSA) is 39.1 Å². The van der Waals surface area contributed by atoms with Crippen molar-refractivity contribution in [3.63, 3.8) is 0 Å². The van der Waals surface area contributed by atoms with Crippen LogP contribution in [0.5, 0.6) is 0 Å². The molecule has 0 atom stereocenters. The summed E-state index contributed by atoms with van der Waals surface area (Å²) in [4.78, 5) is 7.36. The zero-order valence-corrected chi connectivity index (χ0v) is 33.5. The van der Waals surface area contributed by atoms with Crippen LogP contribution >= 0.6 is 0 Å². The smallest absolute Gasteiger partial charge is 0.227 e. The van der Waals surface area contributed by atoms with Gasteiger partial charge in [-0.15, -0.1) is 0 Å². The second-order valence-electron chi connectivity index (χ2n) is 16.0. The number of hydrogen-bond acceptors (Lipinski definition) is 3. The molecule has 0 aliphatic heterocycles. The Kier molecular flexibility index (Phi) is 7.54. The number of nitrogens with zero attached hydrogens (tertiary/aromatic N) is 4. The van der Waals surface area contributed by atoms with Crippen LogP contribution in [-0.4, -0.2) is 14.1 Å². The van der Waals surface area contributed by atoms with Crippen molar-refractivity contribution in [2.75, 3.05) is 4.90 Å². The van der Waals surface area contributed by atoms with E-state index in [0.717, 1.165) is 88.7 Å². The van der Waals surface area contributed by atoms with Gasteiger partial charge in [-0.3, -0.25) is 0 Å². The fourth-order valence-electron chi connectivity index (χ4n) is 9.75. The SMILES string of the molecule is c1ccc(-c2nc3ccc4ccc5ccc(N(c6ccccc6)c6cc(-n7c8ccccc8c8ccccc87)cc(-n7c8ccccc8c8ccccc87)c6)cc5c4c3o2)cc1. The van der Waals surface area contributed by atoms with Gasteiger partial charge in [0.05, 0.1) is 39.1 Å². The maximum atomic E-state index is 6.67. The van der Waals surface area contributed by atoms with E-state index in [9.17, 15) is 0 Å². The number of fused-ring (bicyclic) bond motifs is 11. The summed E-state index contributed by atoms with van der Waals surface area (Å²) in [6, 6.07) is 78.3. The van der Waals surface area contributed by atoms with E-state index in [-0.39, 0.29) is 0 Å². The molecule has 10 aromatic carbocycles. The molecule has 0 saturated heterocycles. The summed E-state index contributed by atoms with van der Waals surface area (Å²) < 4.78 is 11.5. The van der Waals surface area contributed by atoms with Crippen molar-refractivity contribution in [1.29, 1.82) is 0 Å². The van der Waals surface area contributed by atoms with E-state index in [4.69, 9.17) is 9.40 Å². The Labute approximate surface area is 356 Å². The Morgan fingerprint density at radius 2 is 0.855 bits per heavy atom. The first kappa shape index (κ1) is 34.5. The number of anilines is 3. The third kappa shape index (κ3) is 5.25. The van der Waals surface area contributed by atoms with Crippen LogP contribution in [0.2, 0.25) is 0 Å². The molecule has 62 heavy (non-hydrogen) atoms. The first-order valence-electron chi connectivity index (χ1n) is 21.0. The maximum absolute atomic E-state index is 6.67. The quantitative estimate of drug-likeness (QED) is 0.157. The zero-order valence-electron chi connectivity index (χ0n) is 33.5. The van der Waals surface area contributed by atoms with E-state index in [2.05, 4.69) is 202 Å². The zero-order chi connectivity index (χ0) is 40.7. The molecule has 0 aliphatic rings. The van der Waals surface area contributed by atoms with Crippen molar-refractivity contribution in [3.8, 4) is 22.8 Å². The van der Waals surface area contributed by atoms with Crippen molar-refractivity contribution in [1.82, 2.24) is 14.1 Å². The Morgan fingerprint density at radius 3 is 1.44 bits per heavy atom. The maximum Gasteiger partial charge on any atom is 0.227 e. The summed E-state index contributed by atoms with van der Waals surface area (Å²) in [5.41, 5.74) is 12.5. The Hall–Kier alpha value is -8.41. The molecule has 0 bridgehead atoms. The van der Waals surface area contributed by atoms with Crippen LogP contribution in [-0.2, 0) is 0 Å². The molecule has 290 valence electrons. The molecule has 5 heteroatoms. The molecule has 0 fully saturated rings. The molecule has 5 nitrogen and oxygen atoms in total. The average Bonchev–Trinajstić information content (AvgIpc) is 4.03. The highest BCUT2D eigenvalue weighted by Crippen LogP contribution is 2.43. The molecule has 0 N–H and O–H groups in total. The van der Waals surface area contributed by atoms with Crippen LogP contribution in [0.25, 0.3) is 99.1 Å². The van der Waals surface area contributed by atoms with Crippen LogP contribution < -0.4 is 4.90 Å². The van der Waals surface area contributed by atoms with E-state index in [1.165, 1.54) is 21.5 Å². The van der Waals surface area contributed by atoms with Gasteiger partial charge >= 0.3 is 0 Å². The fourth-order valence-corrected chi connectivity index (χ4v) is 9.75. The molecule has 13 rings (SSSR count). The number of oxazole rings is 1. The summed E-state index contributed by atoms with van der Waals surface area (Å²) in [5.74, 6) is 0.617. The standard InChI is InChI=1S/C57H36N4O/c1-3-15-39(16-4-1)57-58-50-32-30-38-28-27-37-29-31-41(36-49(37)55(38)56(50)62-57)59(40-17-5-2-6-18-40)42-33-43(60-51-23-11-7-19-45(51)46-20-8-12-24-52(46)60)35-44(34-42)61-53-25-13-9-21-47(53)48-22-10-14-26-54(48)61/h1-36H. The highest BCUT2D eigenvalue weighted by atomic mass is 16.3. The van der Waals surface area contributed by atoms with Crippen molar-refractivity contribution in [2.24, 2.45) is 0 Å². The van der Waals surface area contributed by atoms with Gasteiger partial charge in [-0.2, -0.15) is 0 Å². The Balaban J connectivity index is 1.11. The van der Waals surface area contributed by atoms with E-state index in [0.29, 0.717) is 5.89 Å². The van der Waals surface area contributed by atoms with Gasteiger partial charge in [-0.1, -0.05) is 133 Å². The van der Waals surface area contributed by atoms with Gasteiger partial charge in [0.2, 0.25) is 5.89 Å². The van der Waals surface area contributed by atoms with Gasteiger partial charge < -0.3 is 18.5 Å². The van der Waals surface area contributed by atoms with Gasteiger partial charge in [-0.25, -0.2) is 4.98 Å². The number of aromatic nitrogens is 3. The molecule has 0 saturated carbocycles. The van der Waals surface area contributed by atoms with E-state index in [1.807, 2.05) is 30.3 Å². The Morgan fingerprint density at radius 1 is 0.371 bits per heavy atom. The molecule has 13 aromatic rings. The van der Waals surface area contributed by atoms with Gasteiger partial charge in [0.15, 0.2) is 5.58 Å². The predicted octanol–water partition coefficient (Wildman–Crippen LogP) is 15.5. The minimum atomic E-state index is 0.617. The lowest BCUT2D eigenvalue weighted by Gasteiger charge is -2.27. The highest BCUT2D eigenvalue weighted by molar-refractivity contribution is 6.19. The summed E-state index contributed by atoms with van der Waals surface area (Å²) in [7, 11) is 0. The van der Waals surface area contributed by atoms with Crippen LogP contribution in [0, 0.1) is 0 Å². The normalized spacial score (nSPS) is 11.9. The fraction of sp³-hybridized carbons (Fsp3) is 0. The summed E-state index contributed by atoms with van der Waals surface area (Å²) in [6.07, 6.45) is 0. The minimum Gasteiger partial charge on any atom is -0.435 e. The molecule has 0 unspecified atom stereocenters. The number of benzene rings is 10. The first-order chi connectivity index (χ1) is 30.7. The third-order valence-electron chi connectivity index (χ3n) is 12.5. The molecule has 0 spiro atoms. The van der Waals surface area contributed by atoms with Crippen LogP contribution in [0.1, 0.15) is 0 Å². The van der Waals surface area contributed by atoms with Crippen molar-refractivity contribution in [2.45, 2.75) is 0 Å². The van der Waals surface area contributed by atoms with Gasteiger partial charge in [0.1, 0.15) is 5.52 Å². The second kappa shape index (κ2) is 13.6. The van der Waals surface area contributed by atoms with Crippen molar-refractivity contribution >= 4 is 93.3 Å². The molecule has 0 radical (unpaired) electrons. The van der Waals surface area contributed by atoms with Crippen LogP contribution in [0.15, 0.2) is 223 Å².